The number of amides is 1. The first-order valence-corrected chi connectivity index (χ1v) is 12.0. The van der Waals surface area contributed by atoms with E-state index in [1.165, 1.54) is 0 Å². The third kappa shape index (κ3) is 6.27. The van der Waals surface area contributed by atoms with Gasteiger partial charge < -0.3 is 15.0 Å². The van der Waals surface area contributed by atoms with E-state index in [-0.39, 0.29) is 5.91 Å². The number of rotatable bonds is 3. The van der Waals surface area contributed by atoms with E-state index in [4.69, 9.17) is 4.74 Å². The fraction of sp³-hybridized carbons (Fsp3) is 0.462. The van der Waals surface area contributed by atoms with Crippen molar-refractivity contribution in [3.8, 4) is 11.4 Å². The molecule has 3 heterocycles. The summed E-state index contributed by atoms with van der Waals surface area (Å²) in [6, 6.07) is 9.86. The minimum atomic E-state index is -0.144. The molecule has 0 bridgehead atoms. The van der Waals surface area contributed by atoms with E-state index in [9.17, 15) is 4.79 Å². The molecule has 0 unspecified atom stereocenters. The lowest BCUT2D eigenvalue weighted by Crippen LogP contribution is -2.32. The molecule has 1 fully saturated rings. The lowest BCUT2D eigenvalue weighted by molar-refractivity contribution is 0.0503. The van der Waals surface area contributed by atoms with Crippen LogP contribution in [0, 0.1) is 6.92 Å². The monoisotopic (exact) mass is 464 g/mol. The highest BCUT2D eigenvalue weighted by Crippen LogP contribution is 2.33. The van der Waals surface area contributed by atoms with E-state index in [1.54, 1.807) is 4.68 Å². The second-order valence-corrected chi connectivity index (χ2v) is 8.17. The third-order valence-corrected chi connectivity index (χ3v) is 5.74. The minimum Gasteiger partial charge on any atom is -0.379 e. The Morgan fingerprint density at radius 3 is 2.44 bits per heavy atom. The Morgan fingerprint density at radius 1 is 1.09 bits per heavy atom. The van der Waals surface area contributed by atoms with Gasteiger partial charge in [0.1, 0.15) is 5.82 Å². The van der Waals surface area contributed by atoms with Crippen molar-refractivity contribution in [3.63, 3.8) is 0 Å². The molecule has 34 heavy (non-hydrogen) atoms. The van der Waals surface area contributed by atoms with E-state index in [1.807, 2.05) is 64.3 Å². The average Bonchev–Trinajstić information content (AvgIpc) is 3.22. The van der Waals surface area contributed by atoms with Crippen molar-refractivity contribution in [2.75, 3.05) is 33.4 Å². The Kier molecular flexibility index (Phi) is 9.30. The summed E-state index contributed by atoms with van der Waals surface area (Å²) in [7, 11) is 3.97. The van der Waals surface area contributed by atoms with Gasteiger partial charge in [0, 0.05) is 38.4 Å². The molecule has 1 amide bonds. The second-order valence-electron chi connectivity index (χ2n) is 8.17. The molecule has 0 spiro atoms. The van der Waals surface area contributed by atoms with Crippen LogP contribution in [-0.2, 0) is 31.2 Å². The number of nitrogens with zero attached hydrogens (tertiary/aromatic N) is 5. The number of benzene rings is 1. The van der Waals surface area contributed by atoms with E-state index >= 15 is 0 Å². The van der Waals surface area contributed by atoms with Gasteiger partial charge in [-0.1, -0.05) is 44.2 Å². The summed E-state index contributed by atoms with van der Waals surface area (Å²) >= 11 is 0. The molecule has 2 aliphatic rings. The molecule has 1 aliphatic carbocycles. The topological polar surface area (TPSA) is 85.2 Å². The van der Waals surface area contributed by atoms with Crippen LogP contribution in [0.1, 0.15) is 46.9 Å². The molecular formula is C26H36N6O2. The standard InChI is InChI=1S/C19H19N5O.C5H11NO.C2H6/c1-12-20-11-14-8-9-15-17(23-24(2)18(15)16(14)22-12)19(25)21-10-13-6-4-3-5-7-13;1-6-2-4-7-5-3-6;1-2/h3-7,11H,8-10H2,1-2H3,(H,21,25);2-5H2,1H3;1-2H3. The van der Waals surface area contributed by atoms with Crippen molar-refractivity contribution >= 4 is 5.91 Å². The predicted molar refractivity (Wildman–Crippen MR) is 134 cm³/mol. The number of likely N-dealkylation sites (N-methyl/N-ethyl adjacent to an activating group) is 1. The molecule has 1 N–H and O–H groups in total. The number of aryl methyl sites for hydroxylation is 3. The van der Waals surface area contributed by atoms with Gasteiger partial charge in [0.15, 0.2) is 5.69 Å². The largest absolute Gasteiger partial charge is 0.379 e. The Morgan fingerprint density at radius 2 is 1.79 bits per heavy atom. The summed E-state index contributed by atoms with van der Waals surface area (Å²) in [5.41, 5.74) is 5.46. The third-order valence-electron chi connectivity index (χ3n) is 5.74. The number of fused-ring (bicyclic) bond motifs is 3. The molecule has 5 rings (SSSR count). The Labute approximate surface area is 202 Å². The Bertz CT molecular complexity index is 1070. The van der Waals surface area contributed by atoms with Crippen LogP contribution < -0.4 is 5.32 Å². The van der Waals surface area contributed by atoms with Gasteiger partial charge in [-0.2, -0.15) is 5.10 Å². The summed E-state index contributed by atoms with van der Waals surface area (Å²) in [6.07, 6.45) is 3.48. The first-order chi connectivity index (χ1) is 16.5. The van der Waals surface area contributed by atoms with Crippen LogP contribution in [0.3, 0.4) is 0 Å². The van der Waals surface area contributed by atoms with E-state index < -0.39 is 0 Å². The van der Waals surface area contributed by atoms with Gasteiger partial charge in [-0.3, -0.25) is 9.48 Å². The summed E-state index contributed by atoms with van der Waals surface area (Å²) in [5.74, 6) is 0.581. The van der Waals surface area contributed by atoms with Gasteiger partial charge in [-0.15, -0.1) is 0 Å². The summed E-state index contributed by atoms with van der Waals surface area (Å²) in [6.45, 7) is 10.4. The number of hydrogen-bond donors (Lipinski definition) is 1. The number of carbonyl (C=O) groups excluding carboxylic acids is 1. The quantitative estimate of drug-likeness (QED) is 0.641. The Hall–Kier alpha value is -3.10. The maximum Gasteiger partial charge on any atom is 0.272 e. The summed E-state index contributed by atoms with van der Waals surface area (Å²) < 4.78 is 6.86. The van der Waals surface area contributed by atoms with Crippen molar-refractivity contribution in [1.82, 2.24) is 30.0 Å². The zero-order valence-electron chi connectivity index (χ0n) is 21.0. The van der Waals surface area contributed by atoms with Crippen LogP contribution in [0.15, 0.2) is 36.5 Å². The number of carbonyl (C=O) groups is 1. The molecule has 2 aromatic heterocycles. The second kappa shape index (κ2) is 12.4. The molecule has 1 aromatic carbocycles. The lowest BCUT2D eigenvalue weighted by Gasteiger charge is -2.21. The Balaban J connectivity index is 0.000000306. The zero-order chi connectivity index (χ0) is 24.5. The highest BCUT2D eigenvalue weighted by atomic mass is 16.5. The van der Waals surface area contributed by atoms with E-state index in [0.717, 1.165) is 73.0 Å². The fourth-order valence-electron chi connectivity index (χ4n) is 3.94. The van der Waals surface area contributed by atoms with Gasteiger partial charge in [-0.25, -0.2) is 9.97 Å². The van der Waals surface area contributed by atoms with Gasteiger partial charge in [-0.05, 0) is 37.9 Å². The molecule has 1 saturated heterocycles. The SMILES string of the molecule is CC.CN1CCOCC1.Cc1ncc2c(n1)-c1c(c(C(=O)NCc3ccccc3)nn1C)CC2. The normalized spacial score (nSPS) is 14.5. The smallest absolute Gasteiger partial charge is 0.272 e. The molecule has 182 valence electrons. The summed E-state index contributed by atoms with van der Waals surface area (Å²) in [5, 5.41) is 7.44. The molecule has 0 saturated carbocycles. The van der Waals surface area contributed by atoms with Crippen LogP contribution in [0.2, 0.25) is 0 Å². The molecule has 0 radical (unpaired) electrons. The maximum absolute atomic E-state index is 12.7. The predicted octanol–water partition coefficient (Wildman–Crippen LogP) is 3.19. The molecule has 3 aromatic rings. The molecule has 1 aliphatic heterocycles. The van der Waals surface area contributed by atoms with Crippen LogP contribution in [0.25, 0.3) is 11.4 Å². The minimum absolute atomic E-state index is 0.144. The number of aromatic nitrogens is 4. The highest BCUT2D eigenvalue weighted by molar-refractivity contribution is 5.95. The first kappa shape index (κ1) is 25.5. The lowest BCUT2D eigenvalue weighted by atomic mass is 9.93. The van der Waals surface area contributed by atoms with Crippen molar-refractivity contribution in [2.24, 2.45) is 7.05 Å². The maximum atomic E-state index is 12.7. The first-order valence-electron chi connectivity index (χ1n) is 12.0. The van der Waals surface area contributed by atoms with Gasteiger partial charge in [0.05, 0.1) is 24.6 Å². The number of nitrogens with one attached hydrogen (secondary N) is 1. The van der Waals surface area contributed by atoms with Gasteiger partial charge >= 0.3 is 0 Å². The fourth-order valence-corrected chi connectivity index (χ4v) is 3.94. The van der Waals surface area contributed by atoms with E-state index in [0.29, 0.717) is 12.2 Å². The number of morpholine rings is 1. The molecule has 0 atom stereocenters. The number of hydrogen-bond acceptors (Lipinski definition) is 6. The van der Waals surface area contributed by atoms with Crippen LogP contribution in [0.5, 0.6) is 0 Å². The zero-order valence-corrected chi connectivity index (χ0v) is 21.0. The van der Waals surface area contributed by atoms with Crippen molar-refractivity contribution in [1.29, 1.82) is 0 Å². The number of ether oxygens (including phenoxy) is 1. The highest BCUT2D eigenvalue weighted by Gasteiger charge is 2.28. The van der Waals surface area contributed by atoms with Gasteiger partial charge in [0.2, 0.25) is 0 Å². The van der Waals surface area contributed by atoms with Gasteiger partial charge in [0.25, 0.3) is 5.91 Å². The molecule has 8 heteroatoms. The molecule has 8 nitrogen and oxygen atoms in total. The van der Waals surface area contributed by atoms with Crippen LogP contribution in [0.4, 0.5) is 0 Å². The average molecular weight is 465 g/mol. The van der Waals surface area contributed by atoms with Crippen molar-refractivity contribution in [2.45, 2.75) is 40.2 Å². The van der Waals surface area contributed by atoms with Crippen molar-refractivity contribution < 1.29 is 9.53 Å². The summed E-state index contributed by atoms with van der Waals surface area (Å²) in [4.78, 5) is 23.8. The van der Waals surface area contributed by atoms with Crippen LogP contribution in [-0.4, -0.2) is 63.9 Å². The molecular weight excluding hydrogens is 428 g/mol. The van der Waals surface area contributed by atoms with Crippen LogP contribution >= 0.6 is 0 Å². The van der Waals surface area contributed by atoms with E-state index in [2.05, 4.69) is 32.3 Å². The van der Waals surface area contributed by atoms with Crippen molar-refractivity contribution in [3.05, 3.63) is 64.7 Å².